The Morgan fingerprint density at radius 3 is 3.00 bits per heavy atom. The van der Waals surface area contributed by atoms with Crippen molar-refractivity contribution >= 4 is 33.3 Å². The smallest absolute Gasteiger partial charge is 0.271 e. The lowest BCUT2D eigenvalue weighted by atomic mass is 10.2. The summed E-state index contributed by atoms with van der Waals surface area (Å²) in [7, 11) is 1.54. The number of aromatic nitrogens is 4. The van der Waals surface area contributed by atoms with E-state index in [-0.39, 0.29) is 11.9 Å². The highest BCUT2D eigenvalue weighted by Gasteiger charge is 2.19. The minimum atomic E-state index is -0.309. The zero-order chi connectivity index (χ0) is 13.2. The van der Waals surface area contributed by atoms with Gasteiger partial charge in [-0.1, -0.05) is 17.2 Å². The van der Waals surface area contributed by atoms with E-state index in [9.17, 15) is 4.79 Å². The maximum Gasteiger partial charge on any atom is 0.271 e. The van der Waals surface area contributed by atoms with Gasteiger partial charge in [0, 0.05) is 10.1 Å². The number of methoxy groups -OCH3 is 1. The van der Waals surface area contributed by atoms with Crippen LogP contribution in [0.5, 0.6) is 5.75 Å². The van der Waals surface area contributed by atoms with Crippen molar-refractivity contribution in [3.63, 3.8) is 0 Å². The summed E-state index contributed by atoms with van der Waals surface area (Å²) >= 11 is 1.36. The van der Waals surface area contributed by atoms with Gasteiger partial charge in [-0.05, 0) is 22.6 Å². The molecule has 7 nitrogen and oxygen atoms in total. The lowest BCUT2D eigenvalue weighted by molar-refractivity contribution is 0.102. The van der Waals surface area contributed by atoms with Gasteiger partial charge in [-0.15, -0.1) is 11.3 Å². The van der Waals surface area contributed by atoms with Crippen LogP contribution in [0.2, 0.25) is 0 Å². The van der Waals surface area contributed by atoms with Gasteiger partial charge in [0.2, 0.25) is 5.95 Å². The Labute approximate surface area is 111 Å². The Morgan fingerprint density at radius 2 is 2.26 bits per heavy atom. The van der Waals surface area contributed by atoms with Crippen LogP contribution in [0.3, 0.4) is 0 Å². The third-order valence-electron chi connectivity index (χ3n) is 2.54. The van der Waals surface area contributed by atoms with Crippen molar-refractivity contribution in [2.45, 2.75) is 0 Å². The monoisotopic (exact) mass is 275 g/mol. The molecule has 8 heteroatoms. The fourth-order valence-electron chi connectivity index (χ4n) is 1.75. The molecule has 0 fully saturated rings. The quantitative estimate of drug-likeness (QED) is 0.758. The van der Waals surface area contributed by atoms with Crippen LogP contribution >= 0.6 is 11.3 Å². The van der Waals surface area contributed by atoms with Gasteiger partial charge in [0.15, 0.2) is 0 Å². The van der Waals surface area contributed by atoms with Gasteiger partial charge in [0.05, 0.1) is 7.11 Å². The predicted octanol–water partition coefficient (Wildman–Crippen LogP) is 1.68. The van der Waals surface area contributed by atoms with E-state index in [1.165, 1.54) is 11.3 Å². The standard InChI is InChI=1S/C11H9N5O2S/c1-18-8-6-4-2-3-5-7(6)19-9(8)10(17)12-11-13-15-16-14-11/h2-5H,1H3,(H2,12,13,14,15,16,17). The number of nitrogens with zero attached hydrogens (tertiary/aromatic N) is 3. The molecule has 0 spiro atoms. The van der Waals surface area contributed by atoms with Crippen molar-refractivity contribution in [2.75, 3.05) is 12.4 Å². The second-order valence-electron chi connectivity index (χ2n) is 3.66. The zero-order valence-corrected chi connectivity index (χ0v) is 10.7. The Balaban J connectivity index is 2.02. The van der Waals surface area contributed by atoms with Crippen molar-refractivity contribution in [3.8, 4) is 5.75 Å². The van der Waals surface area contributed by atoms with Gasteiger partial charge in [-0.25, -0.2) is 5.10 Å². The largest absolute Gasteiger partial charge is 0.494 e. The second-order valence-corrected chi connectivity index (χ2v) is 4.72. The fourth-order valence-corrected chi connectivity index (χ4v) is 2.82. The number of carbonyl (C=O) groups excluding carboxylic acids is 1. The number of aromatic amines is 1. The van der Waals surface area contributed by atoms with Gasteiger partial charge < -0.3 is 4.74 Å². The summed E-state index contributed by atoms with van der Waals surface area (Å²) in [6, 6.07) is 7.67. The Hall–Kier alpha value is -2.48. The number of fused-ring (bicyclic) bond motifs is 1. The topological polar surface area (TPSA) is 92.8 Å². The lowest BCUT2D eigenvalue weighted by Gasteiger charge is -2.02. The summed E-state index contributed by atoms with van der Waals surface area (Å²) < 4.78 is 6.31. The zero-order valence-electron chi connectivity index (χ0n) is 9.88. The molecular formula is C11H9N5O2S. The molecule has 0 bridgehead atoms. The first-order valence-electron chi connectivity index (χ1n) is 5.40. The highest BCUT2D eigenvalue weighted by molar-refractivity contribution is 7.21. The molecule has 1 aromatic carbocycles. The number of hydrogen-bond acceptors (Lipinski definition) is 6. The Morgan fingerprint density at radius 1 is 1.42 bits per heavy atom. The molecule has 0 aliphatic carbocycles. The molecule has 0 saturated carbocycles. The van der Waals surface area contributed by atoms with Crippen LogP contribution in [0, 0.1) is 0 Å². The molecule has 96 valence electrons. The third kappa shape index (κ3) is 2.02. The summed E-state index contributed by atoms with van der Waals surface area (Å²) in [5, 5.41) is 16.3. The minimum Gasteiger partial charge on any atom is -0.494 e. The van der Waals surface area contributed by atoms with E-state index < -0.39 is 0 Å². The van der Waals surface area contributed by atoms with E-state index in [4.69, 9.17) is 4.74 Å². The summed E-state index contributed by atoms with van der Waals surface area (Å²) in [5.74, 6) is 0.451. The van der Waals surface area contributed by atoms with Gasteiger partial charge in [-0.2, -0.15) is 0 Å². The number of benzene rings is 1. The molecule has 0 saturated heterocycles. The third-order valence-corrected chi connectivity index (χ3v) is 3.69. The van der Waals surface area contributed by atoms with Crippen LogP contribution in [0.4, 0.5) is 5.95 Å². The maximum absolute atomic E-state index is 12.2. The van der Waals surface area contributed by atoms with Crippen LogP contribution in [-0.4, -0.2) is 33.6 Å². The van der Waals surface area contributed by atoms with Crippen molar-refractivity contribution < 1.29 is 9.53 Å². The van der Waals surface area contributed by atoms with E-state index in [1.807, 2.05) is 24.3 Å². The number of amides is 1. The number of tetrazole rings is 1. The summed E-state index contributed by atoms with van der Waals surface area (Å²) in [6.45, 7) is 0. The highest BCUT2D eigenvalue weighted by Crippen LogP contribution is 2.37. The summed E-state index contributed by atoms with van der Waals surface area (Å²) in [5.41, 5.74) is 0. The number of thiophene rings is 1. The predicted molar refractivity (Wildman–Crippen MR) is 70.5 cm³/mol. The lowest BCUT2D eigenvalue weighted by Crippen LogP contribution is -2.12. The molecule has 19 heavy (non-hydrogen) atoms. The average Bonchev–Trinajstić information content (AvgIpc) is 3.04. The van der Waals surface area contributed by atoms with Crippen molar-refractivity contribution in [1.82, 2.24) is 20.6 Å². The highest BCUT2D eigenvalue weighted by atomic mass is 32.1. The van der Waals surface area contributed by atoms with Crippen LogP contribution in [0.25, 0.3) is 10.1 Å². The molecule has 0 unspecified atom stereocenters. The van der Waals surface area contributed by atoms with Crippen LogP contribution in [0.1, 0.15) is 9.67 Å². The molecule has 3 rings (SSSR count). The van der Waals surface area contributed by atoms with Crippen LogP contribution < -0.4 is 10.1 Å². The van der Waals surface area contributed by atoms with Gasteiger partial charge in [0.1, 0.15) is 10.6 Å². The summed E-state index contributed by atoms with van der Waals surface area (Å²) in [6.07, 6.45) is 0. The number of rotatable bonds is 3. The van der Waals surface area contributed by atoms with Crippen LogP contribution in [-0.2, 0) is 0 Å². The molecule has 1 amide bonds. The first-order chi connectivity index (χ1) is 9.29. The number of H-pyrrole nitrogens is 1. The number of ether oxygens (including phenoxy) is 1. The average molecular weight is 275 g/mol. The first kappa shape index (κ1) is 11.6. The number of carbonyl (C=O) groups is 1. The molecule has 0 aliphatic heterocycles. The SMILES string of the molecule is COc1c(C(=O)Nc2nnn[nH]2)sc2ccccc12. The molecule has 0 aliphatic rings. The Bertz CT molecular complexity index is 722. The molecule has 3 aromatic rings. The van der Waals surface area contributed by atoms with Crippen LogP contribution in [0.15, 0.2) is 24.3 Å². The van der Waals surface area contributed by atoms with Gasteiger partial charge in [0.25, 0.3) is 5.91 Å². The summed E-state index contributed by atoms with van der Waals surface area (Å²) in [4.78, 5) is 12.7. The first-order valence-corrected chi connectivity index (χ1v) is 6.22. The van der Waals surface area contributed by atoms with Gasteiger partial charge in [-0.3, -0.25) is 10.1 Å². The normalized spacial score (nSPS) is 10.6. The Kier molecular flexibility index (Phi) is 2.84. The molecule has 0 radical (unpaired) electrons. The molecule has 2 heterocycles. The van der Waals surface area contributed by atoms with E-state index >= 15 is 0 Å². The number of anilines is 1. The minimum absolute atomic E-state index is 0.199. The van der Waals surface area contributed by atoms with E-state index in [1.54, 1.807) is 7.11 Å². The van der Waals surface area contributed by atoms with E-state index in [2.05, 4.69) is 25.9 Å². The second kappa shape index (κ2) is 4.65. The fraction of sp³-hybridized carbons (Fsp3) is 0.0909. The van der Waals surface area contributed by atoms with Gasteiger partial charge >= 0.3 is 0 Å². The molecular weight excluding hydrogens is 266 g/mol. The van der Waals surface area contributed by atoms with Crippen molar-refractivity contribution in [3.05, 3.63) is 29.1 Å². The number of nitrogens with one attached hydrogen (secondary N) is 2. The van der Waals surface area contributed by atoms with Crippen molar-refractivity contribution in [1.29, 1.82) is 0 Å². The van der Waals surface area contributed by atoms with E-state index in [0.717, 1.165) is 10.1 Å². The number of hydrogen-bond donors (Lipinski definition) is 2. The molecule has 0 atom stereocenters. The van der Waals surface area contributed by atoms with E-state index in [0.29, 0.717) is 10.6 Å². The molecule has 2 N–H and O–H groups in total. The van der Waals surface area contributed by atoms with Crippen molar-refractivity contribution in [2.24, 2.45) is 0 Å². The molecule has 2 aromatic heterocycles. The maximum atomic E-state index is 12.2.